The molecular weight excluding hydrogens is 334 g/mol. The number of hydrogen-bond donors (Lipinski definition) is 0. The zero-order valence-electron chi connectivity index (χ0n) is 13.9. The summed E-state index contributed by atoms with van der Waals surface area (Å²) in [6.07, 6.45) is -0.150. The van der Waals surface area contributed by atoms with Gasteiger partial charge in [0.2, 0.25) is 0 Å². The molecule has 2 unspecified atom stereocenters. The van der Waals surface area contributed by atoms with Crippen molar-refractivity contribution in [2.24, 2.45) is 0 Å². The molecule has 3 rings (SSSR count). The van der Waals surface area contributed by atoms with Gasteiger partial charge in [0.05, 0.1) is 12.6 Å². The molecule has 7 nitrogen and oxygen atoms in total. The van der Waals surface area contributed by atoms with Crippen molar-refractivity contribution in [2.75, 3.05) is 19.8 Å². The van der Waals surface area contributed by atoms with Crippen molar-refractivity contribution in [2.45, 2.75) is 38.8 Å². The number of carbonyl (C=O) groups is 1. The zero-order chi connectivity index (χ0) is 17.3. The zero-order valence-corrected chi connectivity index (χ0v) is 14.8. The fourth-order valence-electron chi connectivity index (χ4n) is 2.53. The third-order valence-corrected chi connectivity index (χ3v) is 4.61. The van der Waals surface area contributed by atoms with Gasteiger partial charge in [-0.1, -0.05) is 6.07 Å². The SMILES string of the molecule is CC(C)(C)OC(=O)N1C(Cc2ccc3c(c2)OCCO3)COS1=O. The lowest BCUT2D eigenvalue weighted by atomic mass is 10.1. The average Bonchev–Trinajstić information content (AvgIpc) is 2.86. The minimum Gasteiger partial charge on any atom is -0.486 e. The Morgan fingerprint density at radius 3 is 2.71 bits per heavy atom. The molecule has 0 aliphatic carbocycles. The van der Waals surface area contributed by atoms with Crippen LogP contribution < -0.4 is 9.47 Å². The van der Waals surface area contributed by atoms with Crippen LogP contribution >= 0.6 is 0 Å². The number of carbonyl (C=O) groups excluding carboxylic acids is 1. The molecule has 1 aromatic carbocycles. The highest BCUT2D eigenvalue weighted by Crippen LogP contribution is 2.32. The van der Waals surface area contributed by atoms with Crippen molar-refractivity contribution < 1.29 is 27.4 Å². The number of amides is 1. The Morgan fingerprint density at radius 1 is 1.29 bits per heavy atom. The summed E-state index contributed by atoms with van der Waals surface area (Å²) in [5, 5.41) is 0. The highest BCUT2D eigenvalue weighted by atomic mass is 32.2. The highest BCUT2D eigenvalue weighted by Gasteiger charge is 2.39. The number of rotatable bonds is 2. The van der Waals surface area contributed by atoms with E-state index in [-0.39, 0.29) is 12.6 Å². The largest absolute Gasteiger partial charge is 0.486 e. The summed E-state index contributed by atoms with van der Waals surface area (Å²) >= 11 is -1.83. The minimum absolute atomic E-state index is 0.195. The first kappa shape index (κ1) is 17.0. The normalized spacial score (nSPS) is 23.2. The molecule has 1 aromatic rings. The lowest BCUT2D eigenvalue weighted by molar-refractivity contribution is 0.0363. The van der Waals surface area contributed by atoms with Gasteiger partial charge in [-0.25, -0.2) is 9.00 Å². The Morgan fingerprint density at radius 2 is 2.00 bits per heavy atom. The van der Waals surface area contributed by atoms with Gasteiger partial charge in [0.15, 0.2) is 11.5 Å². The van der Waals surface area contributed by atoms with Gasteiger partial charge in [-0.2, -0.15) is 4.31 Å². The van der Waals surface area contributed by atoms with Gasteiger partial charge in [0, 0.05) is 0 Å². The molecule has 2 aliphatic rings. The Labute approximate surface area is 143 Å². The van der Waals surface area contributed by atoms with E-state index in [2.05, 4.69) is 0 Å². The second-order valence-corrected chi connectivity index (χ2v) is 7.71. The molecule has 132 valence electrons. The van der Waals surface area contributed by atoms with E-state index in [1.54, 1.807) is 20.8 Å². The molecule has 2 atom stereocenters. The van der Waals surface area contributed by atoms with Crippen LogP contribution in [0.15, 0.2) is 18.2 Å². The van der Waals surface area contributed by atoms with E-state index in [4.69, 9.17) is 18.4 Å². The van der Waals surface area contributed by atoms with Crippen molar-refractivity contribution in [1.82, 2.24) is 4.31 Å². The molecule has 0 bridgehead atoms. The van der Waals surface area contributed by atoms with Crippen LogP contribution in [0.3, 0.4) is 0 Å². The Kier molecular flexibility index (Phi) is 4.69. The van der Waals surface area contributed by atoms with Crippen LogP contribution in [0, 0.1) is 0 Å². The fraction of sp³-hybridized carbons (Fsp3) is 0.562. The molecule has 1 amide bonds. The third-order valence-electron chi connectivity index (χ3n) is 3.50. The van der Waals surface area contributed by atoms with Gasteiger partial charge >= 0.3 is 6.09 Å². The fourth-order valence-corrected chi connectivity index (χ4v) is 3.45. The summed E-state index contributed by atoms with van der Waals surface area (Å²) in [5.41, 5.74) is 0.283. The summed E-state index contributed by atoms with van der Waals surface area (Å²) in [7, 11) is 0. The van der Waals surface area contributed by atoms with Crippen LogP contribution in [-0.4, -0.2) is 46.1 Å². The first-order valence-electron chi connectivity index (χ1n) is 7.79. The van der Waals surface area contributed by atoms with Crippen LogP contribution in [0.5, 0.6) is 11.5 Å². The molecule has 24 heavy (non-hydrogen) atoms. The third kappa shape index (κ3) is 3.81. The number of fused-ring (bicyclic) bond motifs is 1. The minimum atomic E-state index is -1.83. The van der Waals surface area contributed by atoms with Gasteiger partial charge < -0.3 is 14.2 Å². The Hall–Kier alpha value is -1.80. The molecule has 0 N–H and O–H groups in total. The summed E-state index contributed by atoms with van der Waals surface area (Å²) in [4.78, 5) is 12.3. The Balaban J connectivity index is 1.73. The summed E-state index contributed by atoms with van der Waals surface area (Å²) in [5.74, 6) is 1.39. The molecule has 2 aliphatic heterocycles. The van der Waals surface area contributed by atoms with E-state index in [1.165, 1.54) is 0 Å². The van der Waals surface area contributed by atoms with Crippen molar-refractivity contribution in [3.63, 3.8) is 0 Å². The maximum Gasteiger partial charge on any atom is 0.424 e. The molecule has 0 saturated carbocycles. The highest BCUT2D eigenvalue weighted by molar-refractivity contribution is 7.78. The molecule has 1 fully saturated rings. The second kappa shape index (κ2) is 6.60. The van der Waals surface area contributed by atoms with E-state index in [9.17, 15) is 9.00 Å². The lowest BCUT2D eigenvalue weighted by Gasteiger charge is -2.26. The molecule has 0 spiro atoms. The van der Waals surface area contributed by atoms with Crippen LogP contribution in [0.4, 0.5) is 4.79 Å². The molecule has 1 saturated heterocycles. The predicted molar refractivity (Wildman–Crippen MR) is 87.1 cm³/mol. The standard InChI is InChI=1S/C16H21NO6S/c1-16(2,3)23-15(18)17-12(10-22-24(17)19)8-11-4-5-13-14(9-11)21-7-6-20-13/h4-5,9,12H,6-8,10H2,1-3H3. The van der Waals surface area contributed by atoms with Gasteiger partial charge in [0.1, 0.15) is 18.8 Å². The van der Waals surface area contributed by atoms with Gasteiger partial charge in [-0.15, -0.1) is 0 Å². The van der Waals surface area contributed by atoms with E-state index in [0.29, 0.717) is 31.1 Å². The van der Waals surface area contributed by atoms with Crippen LogP contribution in [0.2, 0.25) is 0 Å². The maximum atomic E-state index is 12.3. The molecule has 8 heteroatoms. The van der Waals surface area contributed by atoms with Crippen LogP contribution in [-0.2, 0) is 26.6 Å². The van der Waals surface area contributed by atoms with Crippen LogP contribution in [0.25, 0.3) is 0 Å². The van der Waals surface area contributed by atoms with Crippen LogP contribution in [0.1, 0.15) is 26.3 Å². The number of hydrogen-bond acceptors (Lipinski definition) is 6. The maximum absolute atomic E-state index is 12.3. The second-order valence-electron chi connectivity index (χ2n) is 6.64. The summed E-state index contributed by atoms with van der Waals surface area (Å²) in [6.45, 7) is 6.53. The van der Waals surface area contributed by atoms with Crippen molar-refractivity contribution in [1.29, 1.82) is 0 Å². The van der Waals surface area contributed by atoms with E-state index in [1.807, 2.05) is 18.2 Å². The van der Waals surface area contributed by atoms with E-state index >= 15 is 0 Å². The first-order chi connectivity index (χ1) is 11.3. The van der Waals surface area contributed by atoms with Gasteiger partial charge in [-0.3, -0.25) is 4.18 Å². The molecule has 2 heterocycles. The van der Waals surface area contributed by atoms with Crippen molar-refractivity contribution >= 4 is 17.4 Å². The summed E-state index contributed by atoms with van der Waals surface area (Å²) < 4.78 is 34.7. The van der Waals surface area contributed by atoms with E-state index < -0.39 is 23.0 Å². The molecule has 0 aromatic heterocycles. The van der Waals surface area contributed by atoms with Gasteiger partial charge in [-0.05, 0) is 44.9 Å². The van der Waals surface area contributed by atoms with E-state index in [0.717, 1.165) is 9.87 Å². The van der Waals surface area contributed by atoms with Crippen molar-refractivity contribution in [3.8, 4) is 11.5 Å². The lowest BCUT2D eigenvalue weighted by Crippen LogP contribution is -2.41. The number of benzene rings is 1. The number of ether oxygens (including phenoxy) is 3. The predicted octanol–water partition coefficient (Wildman–Crippen LogP) is 2.21. The smallest absolute Gasteiger partial charge is 0.424 e. The average molecular weight is 355 g/mol. The molecular formula is C16H21NO6S. The Bertz CT molecular complexity index is 656. The number of nitrogens with zero attached hydrogens (tertiary/aromatic N) is 1. The quantitative estimate of drug-likeness (QED) is 0.810. The van der Waals surface area contributed by atoms with Crippen molar-refractivity contribution in [3.05, 3.63) is 23.8 Å². The topological polar surface area (TPSA) is 74.3 Å². The summed E-state index contributed by atoms with van der Waals surface area (Å²) in [6, 6.07) is 5.27. The first-order valence-corrected chi connectivity index (χ1v) is 8.82. The van der Waals surface area contributed by atoms with Gasteiger partial charge in [0.25, 0.3) is 11.3 Å². The monoisotopic (exact) mass is 355 g/mol. The molecule has 0 radical (unpaired) electrons.